The molecule has 1 aliphatic carbocycles. The largest absolute Gasteiger partial charge is 0.335 e. The molecule has 1 aliphatic rings. The fourth-order valence-electron chi connectivity index (χ4n) is 2.68. The number of nitrogens with two attached hydrogens (primary N) is 1. The minimum Gasteiger partial charge on any atom is -0.335 e. The number of hydrogen-bond acceptors (Lipinski definition) is 2. The zero-order valence-electron chi connectivity index (χ0n) is 9.99. The second-order valence-electron chi connectivity index (χ2n) is 5.56. The first-order valence-electron chi connectivity index (χ1n) is 5.65. The monoisotopic (exact) mass is 215 g/mol. The summed E-state index contributed by atoms with van der Waals surface area (Å²) in [6.45, 7) is 4.45. The van der Waals surface area contributed by atoms with Crippen LogP contribution in [0.25, 0.3) is 11.0 Å². The lowest BCUT2D eigenvalue weighted by atomic mass is 9.97. The molecule has 2 aromatic rings. The van der Waals surface area contributed by atoms with Crippen LogP contribution in [0.2, 0.25) is 0 Å². The van der Waals surface area contributed by atoms with Gasteiger partial charge in [0, 0.05) is 30.4 Å². The number of nitrogens with zero attached hydrogens (tertiary/aromatic N) is 2. The number of pyridine rings is 1. The highest BCUT2D eigenvalue weighted by Gasteiger charge is 2.60. The van der Waals surface area contributed by atoms with Gasteiger partial charge in [0.15, 0.2) is 0 Å². The highest BCUT2D eigenvalue weighted by atomic mass is 15.0. The summed E-state index contributed by atoms with van der Waals surface area (Å²) < 4.78 is 2.06. The molecular formula is C13H17N3. The quantitative estimate of drug-likeness (QED) is 0.792. The van der Waals surface area contributed by atoms with Gasteiger partial charge in [0.25, 0.3) is 0 Å². The summed E-state index contributed by atoms with van der Waals surface area (Å²) in [5.74, 6) is 0. The zero-order valence-corrected chi connectivity index (χ0v) is 9.99. The van der Waals surface area contributed by atoms with Gasteiger partial charge in [-0.1, -0.05) is 13.8 Å². The van der Waals surface area contributed by atoms with Crippen LogP contribution in [0.15, 0.2) is 24.5 Å². The predicted octanol–water partition coefficient (Wildman–Crippen LogP) is 2.16. The van der Waals surface area contributed by atoms with Crippen LogP contribution in [0.3, 0.4) is 0 Å². The van der Waals surface area contributed by atoms with E-state index in [1.807, 2.05) is 19.3 Å². The molecule has 1 fully saturated rings. The van der Waals surface area contributed by atoms with Crippen molar-refractivity contribution in [3.63, 3.8) is 0 Å². The molecule has 0 amide bonds. The van der Waals surface area contributed by atoms with Crippen LogP contribution >= 0.6 is 0 Å². The van der Waals surface area contributed by atoms with Crippen LogP contribution in [0.4, 0.5) is 0 Å². The van der Waals surface area contributed by atoms with Crippen LogP contribution in [-0.2, 0) is 12.6 Å². The molecule has 1 saturated carbocycles. The fourth-order valence-corrected chi connectivity index (χ4v) is 2.68. The highest BCUT2D eigenvalue weighted by Crippen LogP contribution is 2.61. The van der Waals surface area contributed by atoms with Crippen molar-refractivity contribution >= 4 is 11.0 Å². The Labute approximate surface area is 95.3 Å². The van der Waals surface area contributed by atoms with Crippen molar-refractivity contribution in [2.45, 2.75) is 25.8 Å². The molecule has 0 bridgehead atoms. The SMILES string of the molecule is Cn1cc(C2(N)CC2(C)C)c2cccnc21. The number of rotatable bonds is 1. The molecule has 0 aromatic carbocycles. The predicted molar refractivity (Wildman–Crippen MR) is 65.0 cm³/mol. The molecule has 2 N–H and O–H groups in total. The van der Waals surface area contributed by atoms with Crippen molar-refractivity contribution in [2.24, 2.45) is 18.2 Å². The minimum atomic E-state index is -0.171. The topological polar surface area (TPSA) is 43.8 Å². The minimum absolute atomic E-state index is 0.171. The summed E-state index contributed by atoms with van der Waals surface area (Å²) >= 11 is 0. The lowest BCUT2D eigenvalue weighted by Crippen LogP contribution is -2.25. The Balaban J connectivity index is 2.27. The smallest absolute Gasteiger partial charge is 0.139 e. The molecular weight excluding hydrogens is 198 g/mol. The Morgan fingerprint density at radius 1 is 1.44 bits per heavy atom. The van der Waals surface area contributed by atoms with Crippen LogP contribution in [0.5, 0.6) is 0 Å². The molecule has 0 spiro atoms. The number of aryl methyl sites for hydroxylation is 1. The van der Waals surface area contributed by atoms with Crippen LogP contribution in [-0.4, -0.2) is 9.55 Å². The standard InChI is InChI=1S/C13H17N3/c1-12(2)8-13(12,14)10-7-16(3)11-9(10)5-4-6-15-11/h4-7H,8,14H2,1-3H3. The van der Waals surface area contributed by atoms with E-state index in [1.54, 1.807) is 0 Å². The van der Waals surface area contributed by atoms with Crippen molar-refractivity contribution in [2.75, 3.05) is 0 Å². The second-order valence-corrected chi connectivity index (χ2v) is 5.56. The molecule has 2 heterocycles. The van der Waals surface area contributed by atoms with E-state index in [0.717, 1.165) is 12.1 Å². The first-order valence-corrected chi connectivity index (χ1v) is 5.65. The Morgan fingerprint density at radius 2 is 2.12 bits per heavy atom. The van der Waals surface area contributed by atoms with Gasteiger partial charge in [0.05, 0.1) is 0 Å². The van der Waals surface area contributed by atoms with Crippen molar-refractivity contribution in [3.8, 4) is 0 Å². The summed E-state index contributed by atoms with van der Waals surface area (Å²) in [6, 6.07) is 4.09. The van der Waals surface area contributed by atoms with E-state index in [-0.39, 0.29) is 11.0 Å². The molecule has 2 aromatic heterocycles. The highest BCUT2D eigenvalue weighted by molar-refractivity contribution is 5.82. The molecule has 0 aliphatic heterocycles. The van der Waals surface area contributed by atoms with Gasteiger partial charge in [0.2, 0.25) is 0 Å². The van der Waals surface area contributed by atoms with Gasteiger partial charge in [-0.15, -0.1) is 0 Å². The lowest BCUT2D eigenvalue weighted by molar-refractivity contribution is 0.512. The lowest BCUT2D eigenvalue weighted by Gasteiger charge is -2.13. The normalized spacial score (nSPS) is 27.2. The molecule has 1 unspecified atom stereocenters. The summed E-state index contributed by atoms with van der Waals surface area (Å²) in [5.41, 5.74) is 8.78. The van der Waals surface area contributed by atoms with E-state index in [4.69, 9.17) is 5.73 Å². The first-order chi connectivity index (χ1) is 7.46. The number of hydrogen-bond donors (Lipinski definition) is 1. The molecule has 16 heavy (non-hydrogen) atoms. The number of fused-ring (bicyclic) bond motifs is 1. The van der Waals surface area contributed by atoms with E-state index in [0.29, 0.717) is 0 Å². The Kier molecular flexibility index (Phi) is 1.64. The summed E-state index contributed by atoms with van der Waals surface area (Å²) in [4.78, 5) is 4.40. The van der Waals surface area contributed by atoms with Gasteiger partial charge in [-0.25, -0.2) is 4.98 Å². The van der Waals surface area contributed by atoms with Crippen molar-refractivity contribution in [1.82, 2.24) is 9.55 Å². The van der Waals surface area contributed by atoms with Crippen LogP contribution < -0.4 is 5.73 Å². The third-order valence-electron chi connectivity index (χ3n) is 4.02. The van der Waals surface area contributed by atoms with Crippen molar-refractivity contribution in [3.05, 3.63) is 30.1 Å². The van der Waals surface area contributed by atoms with Crippen molar-refractivity contribution < 1.29 is 0 Å². The molecule has 0 saturated heterocycles. The van der Waals surface area contributed by atoms with E-state index in [1.165, 1.54) is 10.9 Å². The number of aromatic nitrogens is 2. The third kappa shape index (κ3) is 1.04. The summed E-state index contributed by atoms with van der Waals surface area (Å²) in [5, 5.41) is 1.19. The molecule has 1 atom stereocenters. The maximum atomic E-state index is 6.48. The third-order valence-corrected chi connectivity index (χ3v) is 4.02. The average molecular weight is 215 g/mol. The van der Waals surface area contributed by atoms with Gasteiger partial charge >= 0.3 is 0 Å². The van der Waals surface area contributed by atoms with E-state index in [9.17, 15) is 0 Å². The van der Waals surface area contributed by atoms with Gasteiger partial charge < -0.3 is 10.3 Å². The van der Waals surface area contributed by atoms with Gasteiger partial charge in [0.1, 0.15) is 5.65 Å². The summed E-state index contributed by atoms with van der Waals surface area (Å²) in [7, 11) is 2.03. The van der Waals surface area contributed by atoms with Gasteiger partial charge in [-0.05, 0) is 29.5 Å². The summed E-state index contributed by atoms with van der Waals surface area (Å²) in [6.07, 6.45) is 5.01. The second kappa shape index (κ2) is 2.66. The van der Waals surface area contributed by atoms with E-state index < -0.39 is 0 Å². The Hall–Kier alpha value is -1.35. The Bertz CT molecular complexity index is 568. The maximum Gasteiger partial charge on any atom is 0.139 e. The molecule has 3 rings (SSSR count). The first kappa shape index (κ1) is 9.85. The van der Waals surface area contributed by atoms with E-state index in [2.05, 4.69) is 35.7 Å². The molecule has 0 radical (unpaired) electrons. The zero-order chi connectivity index (χ0) is 11.6. The van der Waals surface area contributed by atoms with Gasteiger partial charge in [-0.2, -0.15) is 0 Å². The fraction of sp³-hybridized carbons (Fsp3) is 0.462. The maximum absolute atomic E-state index is 6.48. The van der Waals surface area contributed by atoms with Gasteiger partial charge in [-0.3, -0.25) is 0 Å². The molecule has 3 nitrogen and oxygen atoms in total. The molecule has 84 valence electrons. The average Bonchev–Trinajstić information content (AvgIpc) is 2.59. The van der Waals surface area contributed by atoms with E-state index >= 15 is 0 Å². The van der Waals surface area contributed by atoms with Crippen molar-refractivity contribution in [1.29, 1.82) is 0 Å². The molecule has 3 heteroatoms. The van der Waals surface area contributed by atoms with Crippen LogP contribution in [0.1, 0.15) is 25.8 Å². The Morgan fingerprint density at radius 3 is 2.75 bits per heavy atom. The van der Waals surface area contributed by atoms with Crippen LogP contribution in [0, 0.1) is 5.41 Å².